The predicted octanol–water partition coefficient (Wildman–Crippen LogP) is 15.5. The van der Waals surface area contributed by atoms with E-state index < -0.39 is 0 Å². The van der Waals surface area contributed by atoms with Gasteiger partial charge in [0.1, 0.15) is 0 Å². The molecule has 0 aliphatic heterocycles. The average Bonchev–Trinajstić information content (AvgIpc) is 3.27. The lowest BCUT2D eigenvalue weighted by molar-refractivity contribution is 1.21. The monoisotopic (exact) mass is 729 g/mol. The van der Waals surface area contributed by atoms with Crippen LogP contribution in [0.3, 0.4) is 0 Å². The number of fused-ring (bicyclic) bond motifs is 4. The molecule has 0 unspecified atom stereocenters. The third-order valence-electron chi connectivity index (χ3n) is 10.7. The van der Waals surface area contributed by atoms with E-state index in [1.165, 1.54) is 70.9 Å². The molecule has 10 aromatic rings. The fourth-order valence-corrected chi connectivity index (χ4v) is 7.62. The minimum atomic E-state index is 0.982. The summed E-state index contributed by atoms with van der Waals surface area (Å²) in [6, 6.07) is 78.4. The quantitative estimate of drug-likeness (QED) is 0.148. The zero-order valence-corrected chi connectivity index (χ0v) is 32.1. The standard InChI is InChI=1S/C35H27N.C21H16/c1-26-10-12-27(13-11-26)14-15-28-16-20-33(21-17-28)36(34-22-18-29-6-2-4-8-31(29)24-34)35-23-19-30-7-3-5-9-32(30)25-35;1-3-7-20-14-16(9-11-18(20)5-1)13-17-10-12-19-6-2-4-8-21(19)15-17/h2-25H,1H3;1-12,14-15H,13H2/b15-14+;. The van der Waals surface area contributed by atoms with Crippen molar-refractivity contribution in [3.05, 3.63) is 246 Å². The van der Waals surface area contributed by atoms with Crippen LogP contribution in [0.15, 0.2) is 218 Å². The van der Waals surface area contributed by atoms with Crippen LogP contribution in [0, 0.1) is 6.92 Å². The third-order valence-corrected chi connectivity index (χ3v) is 10.7. The van der Waals surface area contributed by atoms with Gasteiger partial charge in [-0.3, -0.25) is 0 Å². The lowest BCUT2D eigenvalue weighted by Gasteiger charge is -2.26. The summed E-state index contributed by atoms with van der Waals surface area (Å²) >= 11 is 0. The van der Waals surface area contributed by atoms with E-state index in [1.54, 1.807) is 0 Å². The van der Waals surface area contributed by atoms with Gasteiger partial charge in [0, 0.05) is 17.1 Å². The zero-order valence-electron chi connectivity index (χ0n) is 32.1. The van der Waals surface area contributed by atoms with Crippen LogP contribution < -0.4 is 4.90 Å². The molecule has 10 rings (SSSR count). The zero-order chi connectivity index (χ0) is 38.4. The Balaban J connectivity index is 0.000000170. The maximum Gasteiger partial charge on any atom is 0.0468 e. The van der Waals surface area contributed by atoms with E-state index in [0.717, 1.165) is 23.5 Å². The normalized spacial score (nSPS) is 11.2. The minimum Gasteiger partial charge on any atom is -0.310 e. The summed E-state index contributed by atoms with van der Waals surface area (Å²) in [6.45, 7) is 2.11. The van der Waals surface area contributed by atoms with Gasteiger partial charge in [-0.25, -0.2) is 0 Å². The highest BCUT2D eigenvalue weighted by Gasteiger charge is 2.14. The summed E-state index contributed by atoms with van der Waals surface area (Å²) in [4.78, 5) is 2.34. The van der Waals surface area contributed by atoms with Crippen LogP contribution in [0.4, 0.5) is 17.1 Å². The molecule has 0 spiro atoms. The number of rotatable bonds is 7. The fraction of sp³-hybridized carbons (Fsp3) is 0.0357. The molecular weight excluding hydrogens is 687 g/mol. The topological polar surface area (TPSA) is 3.24 Å². The number of aryl methyl sites for hydroxylation is 1. The summed E-state index contributed by atoms with van der Waals surface area (Å²) in [5.41, 5.74) is 9.81. The van der Waals surface area contributed by atoms with Gasteiger partial charge in [-0.15, -0.1) is 0 Å². The first-order valence-electron chi connectivity index (χ1n) is 19.7. The maximum absolute atomic E-state index is 2.34. The van der Waals surface area contributed by atoms with E-state index in [1.807, 2.05) is 0 Å². The summed E-state index contributed by atoms with van der Waals surface area (Å²) in [5, 5.41) is 10.2. The van der Waals surface area contributed by atoms with Crippen LogP contribution in [0.25, 0.3) is 55.2 Å². The number of benzene rings is 10. The van der Waals surface area contributed by atoms with Crippen molar-refractivity contribution in [2.75, 3.05) is 4.90 Å². The van der Waals surface area contributed by atoms with Crippen LogP contribution in [-0.4, -0.2) is 0 Å². The molecule has 272 valence electrons. The highest BCUT2D eigenvalue weighted by atomic mass is 15.1. The second-order valence-corrected chi connectivity index (χ2v) is 14.8. The Morgan fingerprint density at radius 3 is 1.07 bits per heavy atom. The second kappa shape index (κ2) is 16.3. The van der Waals surface area contributed by atoms with Crippen LogP contribution in [0.5, 0.6) is 0 Å². The lowest BCUT2D eigenvalue weighted by atomic mass is 9.99. The van der Waals surface area contributed by atoms with Gasteiger partial charge in [0.25, 0.3) is 0 Å². The van der Waals surface area contributed by atoms with Crippen molar-refractivity contribution < 1.29 is 0 Å². The summed E-state index contributed by atoms with van der Waals surface area (Å²) in [5.74, 6) is 0. The van der Waals surface area contributed by atoms with Gasteiger partial charge >= 0.3 is 0 Å². The molecule has 10 aromatic carbocycles. The van der Waals surface area contributed by atoms with Crippen molar-refractivity contribution in [3.8, 4) is 0 Å². The Hall–Kier alpha value is -7.22. The van der Waals surface area contributed by atoms with Crippen molar-refractivity contribution in [2.45, 2.75) is 13.3 Å². The third kappa shape index (κ3) is 8.25. The van der Waals surface area contributed by atoms with Crippen molar-refractivity contribution in [1.82, 2.24) is 0 Å². The van der Waals surface area contributed by atoms with E-state index in [2.05, 4.69) is 242 Å². The summed E-state index contributed by atoms with van der Waals surface area (Å²) in [6.07, 6.45) is 5.32. The van der Waals surface area contributed by atoms with Crippen molar-refractivity contribution in [2.24, 2.45) is 0 Å². The largest absolute Gasteiger partial charge is 0.310 e. The van der Waals surface area contributed by atoms with E-state index in [9.17, 15) is 0 Å². The van der Waals surface area contributed by atoms with Gasteiger partial charge in [-0.1, -0.05) is 200 Å². The molecule has 1 heteroatoms. The van der Waals surface area contributed by atoms with E-state index in [-0.39, 0.29) is 0 Å². The minimum absolute atomic E-state index is 0.982. The van der Waals surface area contributed by atoms with Gasteiger partial charge in [0.2, 0.25) is 0 Å². The van der Waals surface area contributed by atoms with Gasteiger partial charge < -0.3 is 4.90 Å². The molecule has 1 nitrogen and oxygen atoms in total. The van der Waals surface area contributed by atoms with E-state index in [0.29, 0.717) is 0 Å². The lowest BCUT2D eigenvalue weighted by Crippen LogP contribution is -2.09. The van der Waals surface area contributed by atoms with Crippen molar-refractivity contribution in [3.63, 3.8) is 0 Å². The molecule has 57 heavy (non-hydrogen) atoms. The molecule has 0 aliphatic rings. The number of hydrogen-bond donors (Lipinski definition) is 0. The summed E-state index contributed by atoms with van der Waals surface area (Å²) in [7, 11) is 0. The van der Waals surface area contributed by atoms with Gasteiger partial charge in [0.05, 0.1) is 0 Å². The molecule has 0 atom stereocenters. The molecule has 0 fully saturated rings. The molecule has 0 aromatic heterocycles. The first kappa shape index (κ1) is 35.5. The highest BCUT2D eigenvalue weighted by molar-refractivity contribution is 5.93. The highest BCUT2D eigenvalue weighted by Crippen LogP contribution is 2.37. The van der Waals surface area contributed by atoms with Crippen molar-refractivity contribution in [1.29, 1.82) is 0 Å². The Labute approximate surface area is 335 Å². The maximum atomic E-state index is 2.34. The predicted molar refractivity (Wildman–Crippen MR) is 247 cm³/mol. The van der Waals surface area contributed by atoms with Crippen molar-refractivity contribution >= 4 is 72.3 Å². The smallest absolute Gasteiger partial charge is 0.0468 e. The average molecular weight is 730 g/mol. The van der Waals surface area contributed by atoms with Gasteiger partial charge in [-0.2, -0.15) is 0 Å². The number of anilines is 3. The Morgan fingerprint density at radius 2 is 0.649 bits per heavy atom. The second-order valence-electron chi connectivity index (χ2n) is 14.8. The number of hydrogen-bond acceptors (Lipinski definition) is 1. The van der Waals surface area contributed by atoms with Crippen LogP contribution in [0.2, 0.25) is 0 Å². The Morgan fingerprint density at radius 1 is 0.316 bits per heavy atom. The molecule has 0 amide bonds. The molecular formula is C56H43N. The molecule has 0 aliphatic carbocycles. The molecule has 0 saturated heterocycles. The Kier molecular flexibility index (Phi) is 10.1. The van der Waals surface area contributed by atoms with E-state index in [4.69, 9.17) is 0 Å². The molecule has 0 radical (unpaired) electrons. The van der Waals surface area contributed by atoms with E-state index >= 15 is 0 Å². The van der Waals surface area contributed by atoms with Gasteiger partial charge in [-0.05, 0) is 115 Å². The summed E-state index contributed by atoms with van der Waals surface area (Å²) < 4.78 is 0. The Bertz CT molecular complexity index is 2830. The first-order valence-corrected chi connectivity index (χ1v) is 19.7. The molecule has 0 saturated carbocycles. The molecule has 0 heterocycles. The number of nitrogens with zero attached hydrogens (tertiary/aromatic N) is 1. The first-order chi connectivity index (χ1) is 28.1. The fourth-order valence-electron chi connectivity index (χ4n) is 7.62. The molecule has 0 N–H and O–H groups in total. The van der Waals surface area contributed by atoms with Crippen LogP contribution in [0.1, 0.15) is 27.8 Å². The van der Waals surface area contributed by atoms with Crippen LogP contribution >= 0.6 is 0 Å². The SMILES string of the molecule is Cc1ccc(/C=C/c2ccc(N(c3ccc4ccccc4c3)c3ccc4ccccc4c3)cc2)cc1.c1ccc2cc(Cc3ccc4ccccc4c3)ccc2c1. The van der Waals surface area contributed by atoms with Crippen LogP contribution in [-0.2, 0) is 6.42 Å². The van der Waals surface area contributed by atoms with Gasteiger partial charge in [0.15, 0.2) is 0 Å². The molecule has 0 bridgehead atoms.